The zero-order chi connectivity index (χ0) is 28.7. The molecule has 0 bridgehead atoms. The van der Waals surface area contributed by atoms with Crippen molar-refractivity contribution < 1.29 is 31.2 Å². The predicted octanol–water partition coefficient (Wildman–Crippen LogP) is 3.86. The van der Waals surface area contributed by atoms with Gasteiger partial charge in [0.05, 0.1) is 22.4 Å². The summed E-state index contributed by atoms with van der Waals surface area (Å²) in [7, 11) is -3.90. The second-order valence-electron chi connectivity index (χ2n) is 9.62. The van der Waals surface area contributed by atoms with Crippen LogP contribution in [0.3, 0.4) is 0 Å². The predicted molar refractivity (Wildman–Crippen MR) is 137 cm³/mol. The fourth-order valence-electron chi connectivity index (χ4n) is 4.78. The number of hydrogen-bond acceptors (Lipinski definition) is 5. The Bertz CT molecular complexity index is 1610. The minimum Gasteiger partial charge on any atom is -0.350 e. The van der Waals surface area contributed by atoms with Gasteiger partial charge in [-0.25, -0.2) is 8.42 Å². The minimum absolute atomic E-state index is 0.0507. The highest BCUT2D eigenvalue weighted by Crippen LogP contribution is 2.36. The van der Waals surface area contributed by atoms with E-state index in [1.165, 1.54) is 45.6 Å². The van der Waals surface area contributed by atoms with Crippen molar-refractivity contribution >= 4 is 21.8 Å². The van der Waals surface area contributed by atoms with Gasteiger partial charge in [-0.3, -0.25) is 9.59 Å². The molecule has 3 aromatic carbocycles. The molecule has 0 saturated carbocycles. The van der Waals surface area contributed by atoms with Crippen LogP contribution >= 0.6 is 0 Å². The number of fused-ring (bicyclic) bond motifs is 1. The molecule has 1 unspecified atom stereocenters. The van der Waals surface area contributed by atoms with Gasteiger partial charge < -0.3 is 10.2 Å². The Morgan fingerprint density at radius 2 is 1.70 bits per heavy atom. The zero-order valence-corrected chi connectivity index (χ0v) is 21.7. The van der Waals surface area contributed by atoms with Crippen LogP contribution in [0.2, 0.25) is 0 Å². The summed E-state index contributed by atoms with van der Waals surface area (Å²) >= 11 is 0. The summed E-state index contributed by atoms with van der Waals surface area (Å²) in [4.78, 5) is 28.3. The van der Waals surface area contributed by atoms with Gasteiger partial charge in [-0.2, -0.15) is 22.7 Å². The summed E-state index contributed by atoms with van der Waals surface area (Å²) in [5.74, 6) is -1.45. The molecule has 206 valence electrons. The lowest BCUT2D eigenvalue weighted by molar-refractivity contribution is -0.137. The molecular weight excluding hydrogens is 545 g/mol. The number of carbonyl (C=O) groups excluding carboxylic acids is 2. The molecule has 0 radical (unpaired) electrons. The monoisotopic (exact) mass is 568 g/mol. The van der Waals surface area contributed by atoms with Crippen LogP contribution in [0, 0.1) is 17.2 Å². The van der Waals surface area contributed by atoms with Crippen molar-refractivity contribution in [2.24, 2.45) is 5.92 Å². The molecule has 1 fully saturated rings. The Kier molecular flexibility index (Phi) is 7.12. The number of benzene rings is 3. The number of nitrogens with zero attached hydrogens (tertiary/aromatic N) is 3. The number of hydrogen-bond donors (Lipinski definition) is 1. The summed E-state index contributed by atoms with van der Waals surface area (Å²) in [5.41, 5.74) is 1.08. The first-order valence-corrected chi connectivity index (χ1v) is 13.8. The molecule has 5 rings (SSSR count). The van der Waals surface area contributed by atoms with Crippen molar-refractivity contribution in [2.45, 2.75) is 30.2 Å². The van der Waals surface area contributed by atoms with Crippen molar-refractivity contribution in [2.75, 3.05) is 13.1 Å². The fraction of sp³-hybridized carbons (Fsp3) is 0.250. The fourth-order valence-corrected chi connectivity index (χ4v) is 6.35. The Hall–Kier alpha value is -4.21. The van der Waals surface area contributed by atoms with Gasteiger partial charge in [-0.15, -0.1) is 0 Å². The molecule has 2 amide bonds. The number of carbonyl (C=O) groups is 2. The van der Waals surface area contributed by atoms with Crippen LogP contribution in [0.5, 0.6) is 0 Å². The van der Waals surface area contributed by atoms with Gasteiger partial charge in [0.25, 0.3) is 5.91 Å². The number of rotatable bonds is 6. The SMILES string of the molecule is N#CC1CN(S(=O)(=O)c2cccc(C(=O)N3Cc4ccccc4C3C(=O)NCc3ccc(C(F)(F)F)cc3)c2)C1. The average molecular weight is 569 g/mol. The molecule has 2 heterocycles. The molecule has 1 atom stereocenters. The van der Waals surface area contributed by atoms with E-state index in [2.05, 4.69) is 5.32 Å². The first kappa shape index (κ1) is 27.4. The van der Waals surface area contributed by atoms with E-state index in [0.717, 1.165) is 17.7 Å². The van der Waals surface area contributed by atoms with Gasteiger partial charge >= 0.3 is 6.18 Å². The largest absolute Gasteiger partial charge is 0.416 e. The minimum atomic E-state index is -4.47. The Balaban J connectivity index is 1.36. The van der Waals surface area contributed by atoms with Gasteiger partial charge in [-0.05, 0) is 47.0 Å². The molecule has 2 aliphatic heterocycles. The second kappa shape index (κ2) is 10.4. The molecule has 8 nitrogen and oxygen atoms in total. The zero-order valence-electron chi connectivity index (χ0n) is 20.9. The third-order valence-electron chi connectivity index (χ3n) is 7.01. The average Bonchev–Trinajstić information content (AvgIpc) is 3.30. The number of amides is 2. The lowest BCUT2D eigenvalue weighted by Crippen LogP contribution is -2.49. The lowest BCUT2D eigenvalue weighted by Gasteiger charge is -2.34. The van der Waals surface area contributed by atoms with E-state index in [1.807, 2.05) is 6.07 Å². The Morgan fingerprint density at radius 3 is 2.38 bits per heavy atom. The molecule has 0 aliphatic carbocycles. The normalized spacial score (nSPS) is 17.6. The third kappa shape index (κ3) is 5.17. The van der Waals surface area contributed by atoms with Crippen LogP contribution in [0.25, 0.3) is 0 Å². The molecule has 2 aliphatic rings. The van der Waals surface area contributed by atoms with Crippen molar-refractivity contribution in [3.8, 4) is 6.07 Å². The van der Waals surface area contributed by atoms with Gasteiger partial charge in [0.15, 0.2) is 0 Å². The van der Waals surface area contributed by atoms with Crippen LogP contribution in [0.1, 0.15) is 38.7 Å². The van der Waals surface area contributed by atoms with Gasteiger partial charge in [0.2, 0.25) is 15.9 Å². The van der Waals surface area contributed by atoms with Crippen molar-refractivity contribution in [3.05, 3.63) is 101 Å². The summed E-state index contributed by atoms with van der Waals surface area (Å²) < 4.78 is 65.7. The molecule has 1 N–H and O–H groups in total. The summed E-state index contributed by atoms with van der Waals surface area (Å²) in [6.45, 7) is 0.227. The van der Waals surface area contributed by atoms with Crippen molar-refractivity contribution in [3.63, 3.8) is 0 Å². The third-order valence-corrected chi connectivity index (χ3v) is 8.84. The first-order valence-electron chi connectivity index (χ1n) is 12.3. The molecule has 40 heavy (non-hydrogen) atoms. The molecule has 0 spiro atoms. The Morgan fingerprint density at radius 1 is 1.00 bits per heavy atom. The highest BCUT2D eigenvalue weighted by atomic mass is 32.2. The molecular formula is C28H23F3N4O4S. The maximum Gasteiger partial charge on any atom is 0.416 e. The van der Waals surface area contributed by atoms with Crippen LogP contribution in [-0.2, 0) is 34.1 Å². The van der Waals surface area contributed by atoms with Crippen LogP contribution in [0.15, 0.2) is 77.7 Å². The standard InChI is InChI=1S/C28H23F3N4O4S/c29-28(30,31)22-10-8-18(9-11-22)14-33-26(36)25-24-7-2-1-4-21(24)17-35(25)27(37)20-5-3-6-23(12-20)40(38,39)34-15-19(13-32)16-34/h1-12,19,25H,14-17H2,(H,33,36). The van der Waals surface area contributed by atoms with E-state index in [0.29, 0.717) is 11.1 Å². The summed E-state index contributed by atoms with van der Waals surface area (Å²) in [6.07, 6.45) is -4.47. The Labute approximate surface area is 228 Å². The van der Waals surface area contributed by atoms with Crippen LogP contribution in [0.4, 0.5) is 13.2 Å². The molecule has 12 heteroatoms. The van der Waals surface area contributed by atoms with E-state index < -0.39 is 39.6 Å². The summed E-state index contributed by atoms with van der Waals surface area (Å²) in [6, 6.07) is 18.0. The summed E-state index contributed by atoms with van der Waals surface area (Å²) in [5, 5.41) is 11.7. The number of sulfonamides is 1. The van der Waals surface area contributed by atoms with Crippen molar-refractivity contribution in [1.29, 1.82) is 5.26 Å². The number of nitrogens with one attached hydrogen (secondary N) is 1. The quantitative estimate of drug-likeness (QED) is 0.486. The molecule has 3 aromatic rings. The topological polar surface area (TPSA) is 111 Å². The number of halogens is 3. The highest BCUT2D eigenvalue weighted by Gasteiger charge is 2.40. The lowest BCUT2D eigenvalue weighted by atomic mass is 10.0. The van der Waals surface area contributed by atoms with E-state index in [9.17, 15) is 31.2 Å². The highest BCUT2D eigenvalue weighted by molar-refractivity contribution is 7.89. The maximum atomic E-state index is 13.7. The van der Waals surface area contributed by atoms with Crippen LogP contribution in [-0.4, -0.2) is 42.5 Å². The molecule has 1 saturated heterocycles. The number of nitriles is 1. The van der Waals surface area contributed by atoms with Gasteiger partial charge in [0.1, 0.15) is 6.04 Å². The van der Waals surface area contributed by atoms with Gasteiger partial charge in [-0.1, -0.05) is 42.5 Å². The van der Waals surface area contributed by atoms with Crippen molar-refractivity contribution in [1.82, 2.24) is 14.5 Å². The molecule has 0 aromatic heterocycles. The van der Waals surface area contributed by atoms with E-state index in [4.69, 9.17) is 5.26 Å². The maximum absolute atomic E-state index is 13.7. The number of alkyl halides is 3. The van der Waals surface area contributed by atoms with E-state index in [-0.39, 0.29) is 42.6 Å². The first-order chi connectivity index (χ1) is 19.0. The van der Waals surface area contributed by atoms with E-state index in [1.54, 1.807) is 24.3 Å². The van der Waals surface area contributed by atoms with Crippen LogP contribution < -0.4 is 5.32 Å². The van der Waals surface area contributed by atoms with Gasteiger partial charge in [0, 0.05) is 31.7 Å². The van der Waals surface area contributed by atoms with E-state index >= 15 is 0 Å². The second-order valence-corrected chi connectivity index (χ2v) is 11.6. The smallest absolute Gasteiger partial charge is 0.350 e.